The van der Waals surface area contributed by atoms with Crippen molar-refractivity contribution in [3.05, 3.63) is 23.9 Å². The maximum absolute atomic E-state index is 11.3. The molecule has 0 amide bonds. The number of aromatic amines is 1. The number of aromatic nitrogens is 1. The number of carbonyl (C=O) groups is 1. The van der Waals surface area contributed by atoms with Crippen molar-refractivity contribution in [3.63, 3.8) is 0 Å². The summed E-state index contributed by atoms with van der Waals surface area (Å²) in [5.74, 6) is -0.794. The zero-order valence-corrected chi connectivity index (χ0v) is 8.97. The van der Waals surface area contributed by atoms with Crippen LogP contribution >= 0.6 is 0 Å². The van der Waals surface area contributed by atoms with Gasteiger partial charge >= 0.3 is 13.1 Å². The first-order valence-corrected chi connectivity index (χ1v) is 4.83. The first-order valence-electron chi connectivity index (χ1n) is 4.83. The number of hydrogen-bond donors (Lipinski definition) is 4. The minimum atomic E-state index is -1.77. The van der Waals surface area contributed by atoms with Crippen LogP contribution in [0.1, 0.15) is 10.5 Å². The lowest BCUT2D eigenvalue weighted by atomic mass is 9.79. The van der Waals surface area contributed by atoms with Crippen molar-refractivity contribution in [3.8, 4) is 5.75 Å². The fourth-order valence-corrected chi connectivity index (χ4v) is 1.61. The average molecular weight is 235 g/mol. The molecule has 0 saturated heterocycles. The van der Waals surface area contributed by atoms with E-state index in [1.54, 1.807) is 0 Å². The van der Waals surface area contributed by atoms with Gasteiger partial charge in [-0.25, -0.2) is 4.79 Å². The number of phenols is 1. The fourth-order valence-electron chi connectivity index (χ4n) is 1.61. The molecule has 0 radical (unpaired) electrons. The number of aromatic hydroxyl groups is 1. The van der Waals surface area contributed by atoms with Crippen molar-refractivity contribution < 1.29 is 24.7 Å². The maximum Gasteiger partial charge on any atom is 0.492 e. The lowest BCUT2D eigenvalue weighted by Gasteiger charge is -2.02. The summed E-state index contributed by atoms with van der Waals surface area (Å²) in [5, 5.41) is 28.1. The highest BCUT2D eigenvalue weighted by Crippen LogP contribution is 2.19. The van der Waals surface area contributed by atoms with Gasteiger partial charge in [0.2, 0.25) is 0 Å². The maximum atomic E-state index is 11.3. The number of H-pyrrole nitrogens is 1. The number of ether oxygens (including phenoxy) is 1. The molecule has 7 heteroatoms. The Balaban J connectivity index is 2.58. The Morgan fingerprint density at radius 2 is 2.06 bits per heavy atom. The molecule has 2 aromatic rings. The Kier molecular flexibility index (Phi) is 2.78. The predicted molar refractivity (Wildman–Crippen MR) is 61.1 cm³/mol. The van der Waals surface area contributed by atoms with Crippen LogP contribution in [0.5, 0.6) is 5.75 Å². The van der Waals surface area contributed by atoms with E-state index in [9.17, 15) is 9.90 Å². The monoisotopic (exact) mass is 235 g/mol. The van der Waals surface area contributed by atoms with Crippen LogP contribution in [-0.2, 0) is 4.74 Å². The van der Waals surface area contributed by atoms with Gasteiger partial charge < -0.3 is 24.9 Å². The number of phenolic OH excluding ortho intramolecular Hbond substituents is 1. The first-order chi connectivity index (χ1) is 8.02. The topological polar surface area (TPSA) is 103 Å². The number of carbonyl (C=O) groups excluding carboxylic acids is 1. The van der Waals surface area contributed by atoms with Crippen molar-refractivity contribution in [2.45, 2.75) is 0 Å². The Bertz CT molecular complexity index is 577. The van der Waals surface area contributed by atoms with Crippen LogP contribution in [-0.4, -0.2) is 40.3 Å². The van der Waals surface area contributed by atoms with Gasteiger partial charge in [0.15, 0.2) is 0 Å². The molecule has 1 heterocycles. The summed E-state index contributed by atoms with van der Waals surface area (Å²) in [6.45, 7) is 0. The number of benzene rings is 1. The van der Waals surface area contributed by atoms with Gasteiger partial charge in [-0.2, -0.15) is 0 Å². The fraction of sp³-hybridized carbons (Fsp3) is 0.100. The summed E-state index contributed by atoms with van der Waals surface area (Å²) in [6.07, 6.45) is 0. The minimum Gasteiger partial charge on any atom is -0.508 e. The molecule has 2 rings (SSSR count). The van der Waals surface area contributed by atoms with Crippen LogP contribution in [0.15, 0.2) is 18.2 Å². The molecule has 1 aromatic carbocycles. The van der Waals surface area contributed by atoms with Crippen LogP contribution in [0.25, 0.3) is 10.9 Å². The van der Waals surface area contributed by atoms with Crippen LogP contribution in [0.3, 0.4) is 0 Å². The van der Waals surface area contributed by atoms with Crippen LogP contribution in [0.4, 0.5) is 0 Å². The van der Waals surface area contributed by atoms with Gasteiger partial charge in [-0.3, -0.25) is 0 Å². The van der Waals surface area contributed by atoms with Gasteiger partial charge in [0.05, 0.1) is 7.11 Å². The van der Waals surface area contributed by atoms with E-state index in [2.05, 4.69) is 9.72 Å². The first kappa shape index (κ1) is 11.5. The summed E-state index contributed by atoms with van der Waals surface area (Å²) in [4.78, 5) is 14.0. The second-order valence-corrected chi connectivity index (χ2v) is 3.55. The Morgan fingerprint density at radius 3 is 2.65 bits per heavy atom. The molecule has 88 valence electrons. The molecule has 0 saturated carbocycles. The molecule has 0 atom stereocenters. The van der Waals surface area contributed by atoms with Crippen LogP contribution < -0.4 is 5.46 Å². The zero-order valence-electron chi connectivity index (χ0n) is 8.97. The average Bonchev–Trinajstić information content (AvgIpc) is 2.69. The van der Waals surface area contributed by atoms with Gasteiger partial charge in [0.1, 0.15) is 11.4 Å². The number of methoxy groups -OCH3 is 1. The van der Waals surface area contributed by atoms with Gasteiger partial charge in [0, 0.05) is 22.4 Å². The van der Waals surface area contributed by atoms with E-state index in [1.165, 1.54) is 25.3 Å². The SMILES string of the molecule is COC(=O)c1cc2cc(B(O)O)c(O)cc2[nH]1. The van der Waals surface area contributed by atoms with E-state index in [1.807, 2.05) is 0 Å². The normalized spacial score (nSPS) is 10.5. The smallest absolute Gasteiger partial charge is 0.492 e. The highest BCUT2D eigenvalue weighted by molar-refractivity contribution is 6.60. The third-order valence-corrected chi connectivity index (χ3v) is 2.45. The lowest BCUT2D eigenvalue weighted by Crippen LogP contribution is -2.29. The van der Waals surface area contributed by atoms with Gasteiger partial charge in [-0.15, -0.1) is 0 Å². The molecule has 1 aromatic heterocycles. The molecule has 0 fully saturated rings. The Labute approximate surface area is 96.6 Å². The molecule has 0 aliphatic carbocycles. The van der Waals surface area contributed by atoms with Crippen molar-refractivity contribution in [2.24, 2.45) is 0 Å². The number of esters is 1. The van der Waals surface area contributed by atoms with E-state index < -0.39 is 13.1 Å². The van der Waals surface area contributed by atoms with Gasteiger partial charge in [-0.1, -0.05) is 0 Å². The van der Waals surface area contributed by atoms with Crippen LogP contribution in [0, 0.1) is 0 Å². The molecule has 4 N–H and O–H groups in total. The molecule has 0 aliphatic rings. The second kappa shape index (κ2) is 4.12. The highest BCUT2D eigenvalue weighted by Gasteiger charge is 2.18. The van der Waals surface area contributed by atoms with E-state index in [4.69, 9.17) is 10.0 Å². The summed E-state index contributed by atoms with van der Waals surface area (Å²) in [5.41, 5.74) is 0.715. The second-order valence-electron chi connectivity index (χ2n) is 3.55. The number of rotatable bonds is 2. The molecule has 0 aliphatic heterocycles. The van der Waals surface area contributed by atoms with Crippen LogP contribution in [0.2, 0.25) is 0 Å². The Morgan fingerprint density at radius 1 is 1.35 bits per heavy atom. The molecule has 0 spiro atoms. The largest absolute Gasteiger partial charge is 0.508 e. The molecular weight excluding hydrogens is 225 g/mol. The Hall–Kier alpha value is -1.99. The predicted octanol–water partition coefficient (Wildman–Crippen LogP) is -0.660. The number of fused-ring (bicyclic) bond motifs is 1. The minimum absolute atomic E-state index is 0.0204. The number of hydrogen-bond acceptors (Lipinski definition) is 5. The summed E-state index contributed by atoms with van der Waals surface area (Å²) >= 11 is 0. The third-order valence-electron chi connectivity index (χ3n) is 2.45. The van der Waals surface area contributed by atoms with Crippen molar-refractivity contribution in [2.75, 3.05) is 7.11 Å². The number of nitrogens with one attached hydrogen (secondary N) is 1. The molecule has 6 nitrogen and oxygen atoms in total. The van der Waals surface area contributed by atoms with E-state index in [0.29, 0.717) is 10.9 Å². The highest BCUT2D eigenvalue weighted by atomic mass is 16.5. The molecular formula is C10H10BNO5. The lowest BCUT2D eigenvalue weighted by molar-refractivity contribution is 0.0595. The van der Waals surface area contributed by atoms with Crippen molar-refractivity contribution >= 4 is 29.5 Å². The zero-order chi connectivity index (χ0) is 12.6. The molecule has 0 unspecified atom stereocenters. The molecule has 0 bridgehead atoms. The van der Waals surface area contributed by atoms with Gasteiger partial charge in [0.25, 0.3) is 0 Å². The quantitative estimate of drug-likeness (QED) is 0.408. The summed E-state index contributed by atoms with van der Waals surface area (Å²) in [7, 11) is -0.510. The van der Waals surface area contributed by atoms with E-state index in [-0.39, 0.29) is 16.9 Å². The summed E-state index contributed by atoms with van der Waals surface area (Å²) in [6, 6.07) is 4.21. The van der Waals surface area contributed by atoms with E-state index in [0.717, 1.165) is 0 Å². The van der Waals surface area contributed by atoms with Gasteiger partial charge in [-0.05, 0) is 12.1 Å². The third kappa shape index (κ3) is 1.97. The van der Waals surface area contributed by atoms with Crippen molar-refractivity contribution in [1.82, 2.24) is 4.98 Å². The molecule has 17 heavy (non-hydrogen) atoms. The summed E-state index contributed by atoms with van der Waals surface area (Å²) < 4.78 is 4.54. The van der Waals surface area contributed by atoms with E-state index >= 15 is 0 Å². The standard InChI is InChI=1S/C10H10BNO5/c1-17-10(14)8-3-5-2-6(11(15)16)9(13)4-7(5)12-8/h2-4,12-13,15-16H,1H3. The van der Waals surface area contributed by atoms with Crippen molar-refractivity contribution in [1.29, 1.82) is 0 Å².